The molecule has 1 saturated heterocycles. The predicted octanol–water partition coefficient (Wildman–Crippen LogP) is 0.735. The van der Waals surface area contributed by atoms with Crippen molar-refractivity contribution in [3.05, 3.63) is 46.2 Å². The molecule has 1 aliphatic heterocycles. The van der Waals surface area contributed by atoms with Crippen LogP contribution in [0, 0.1) is 0 Å². The van der Waals surface area contributed by atoms with Crippen LogP contribution in [-0.4, -0.2) is 40.1 Å². The zero-order valence-electron chi connectivity index (χ0n) is 10.3. The minimum Gasteiger partial charge on any atom is -0.391 e. The molecule has 19 heavy (non-hydrogen) atoms. The number of nitrogens with one attached hydrogen (secondary N) is 1. The van der Waals surface area contributed by atoms with E-state index in [2.05, 4.69) is 4.98 Å². The number of amides is 1. The molecule has 3 rings (SSSR count). The van der Waals surface area contributed by atoms with Gasteiger partial charge in [-0.05, 0) is 18.6 Å². The van der Waals surface area contributed by atoms with E-state index in [0.717, 1.165) is 0 Å². The molecule has 0 radical (unpaired) electrons. The third-order valence-corrected chi connectivity index (χ3v) is 3.47. The summed E-state index contributed by atoms with van der Waals surface area (Å²) >= 11 is 0. The number of carbonyl (C=O) groups excluding carboxylic acids is 1. The first-order valence-corrected chi connectivity index (χ1v) is 6.24. The molecule has 0 saturated carbocycles. The van der Waals surface area contributed by atoms with Crippen LogP contribution in [0.25, 0.3) is 10.9 Å². The van der Waals surface area contributed by atoms with Crippen molar-refractivity contribution in [3.8, 4) is 0 Å². The summed E-state index contributed by atoms with van der Waals surface area (Å²) in [6, 6.07) is 7.09. The number of benzene rings is 1. The number of fused-ring (bicyclic) bond motifs is 1. The highest BCUT2D eigenvalue weighted by Crippen LogP contribution is 2.13. The number of likely N-dealkylation sites (tertiary alicyclic amines) is 1. The van der Waals surface area contributed by atoms with Crippen LogP contribution in [0.15, 0.2) is 35.3 Å². The normalized spacial score (nSPS) is 19.0. The maximum absolute atomic E-state index is 12.3. The number of aromatic amines is 1. The maximum atomic E-state index is 12.3. The standard InChI is InChI=1S/C14H14N2O3/c17-9-5-6-16(8-9)14(19)11-7-15-12-4-2-1-3-10(12)13(11)18/h1-4,7,9,17H,5-6,8H2,(H,15,18)/t9-/m0/s1. The van der Waals surface area contributed by atoms with Crippen molar-refractivity contribution in [1.29, 1.82) is 0 Å². The number of rotatable bonds is 1. The van der Waals surface area contributed by atoms with Gasteiger partial charge in [-0.2, -0.15) is 0 Å². The fourth-order valence-electron chi connectivity index (χ4n) is 2.42. The van der Waals surface area contributed by atoms with Crippen molar-refractivity contribution in [1.82, 2.24) is 9.88 Å². The van der Waals surface area contributed by atoms with Crippen molar-refractivity contribution in [2.24, 2.45) is 0 Å². The number of hydrogen-bond acceptors (Lipinski definition) is 3. The lowest BCUT2D eigenvalue weighted by atomic mass is 10.1. The largest absolute Gasteiger partial charge is 0.391 e. The smallest absolute Gasteiger partial charge is 0.259 e. The SMILES string of the molecule is O=C(c1c[nH]c2ccccc2c1=O)N1CC[C@H](O)C1. The third-order valence-electron chi connectivity index (χ3n) is 3.47. The van der Waals surface area contributed by atoms with Gasteiger partial charge in [0.2, 0.25) is 5.43 Å². The predicted molar refractivity (Wildman–Crippen MR) is 71.1 cm³/mol. The van der Waals surface area contributed by atoms with Crippen LogP contribution in [0.2, 0.25) is 0 Å². The molecule has 0 bridgehead atoms. The second-order valence-corrected chi connectivity index (χ2v) is 4.77. The minimum atomic E-state index is -0.483. The highest BCUT2D eigenvalue weighted by atomic mass is 16.3. The number of β-amino-alcohol motifs (C(OH)–C–C–N with tert-alkyl or cyclic N) is 1. The van der Waals surface area contributed by atoms with Gasteiger partial charge in [0, 0.05) is 30.2 Å². The van der Waals surface area contributed by atoms with E-state index in [1.54, 1.807) is 18.2 Å². The first-order chi connectivity index (χ1) is 9.16. The van der Waals surface area contributed by atoms with Gasteiger partial charge in [0.15, 0.2) is 0 Å². The molecule has 1 atom stereocenters. The molecule has 0 unspecified atom stereocenters. The van der Waals surface area contributed by atoms with Crippen LogP contribution in [0.3, 0.4) is 0 Å². The van der Waals surface area contributed by atoms with E-state index in [0.29, 0.717) is 30.4 Å². The number of aliphatic hydroxyl groups is 1. The summed E-state index contributed by atoms with van der Waals surface area (Å²) in [7, 11) is 0. The number of carbonyl (C=O) groups is 1. The lowest BCUT2D eigenvalue weighted by Gasteiger charge is -2.15. The van der Waals surface area contributed by atoms with Crippen molar-refractivity contribution in [2.45, 2.75) is 12.5 Å². The Bertz CT molecular complexity index is 692. The quantitative estimate of drug-likeness (QED) is 0.792. The average Bonchev–Trinajstić information content (AvgIpc) is 2.85. The number of H-pyrrole nitrogens is 1. The molecular formula is C14H14N2O3. The Morgan fingerprint density at radius 3 is 2.89 bits per heavy atom. The van der Waals surface area contributed by atoms with E-state index in [9.17, 15) is 14.7 Å². The fraction of sp³-hybridized carbons (Fsp3) is 0.286. The number of pyridine rings is 1. The molecule has 0 spiro atoms. The first-order valence-electron chi connectivity index (χ1n) is 6.24. The molecule has 2 heterocycles. The minimum absolute atomic E-state index is 0.132. The van der Waals surface area contributed by atoms with Crippen LogP contribution < -0.4 is 5.43 Å². The van der Waals surface area contributed by atoms with E-state index in [-0.39, 0.29) is 16.9 Å². The zero-order chi connectivity index (χ0) is 13.4. The van der Waals surface area contributed by atoms with Crippen molar-refractivity contribution in [3.63, 3.8) is 0 Å². The highest BCUT2D eigenvalue weighted by molar-refractivity contribution is 5.97. The van der Waals surface area contributed by atoms with Gasteiger partial charge in [0.05, 0.1) is 6.10 Å². The van der Waals surface area contributed by atoms with Crippen molar-refractivity contribution in [2.75, 3.05) is 13.1 Å². The van der Waals surface area contributed by atoms with Crippen LogP contribution in [0.5, 0.6) is 0 Å². The van der Waals surface area contributed by atoms with Gasteiger partial charge in [-0.15, -0.1) is 0 Å². The fourth-order valence-corrected chi connectivity index (χ4v) is 2.42. The Labute approximate surface area is 109 Å². The van der Waals surface area contributed by atoms with Gasteiger partial charge in [0.1, 0.15) is 5.56 Å². The molecule has 1 aromatic heterocycles. The van der Waals surface area contributed by atoms with Gasteiger partial charge >= 0.3 is 0 Å². The average molecular weight is 258 g/mol. The molecule has 5 heteroatoms. The molecule has 5 nitrogen and oxygen atoms in total. The molecule has 1 aromatic carbocycles. The summed E-state index contributed by atoms with van der Waals surface area (Å²) in [6.45, 7) is 0.789. The third kappa shape index (κ3) is 2.02. The second-order valence-electron chi connectivity index (χ2n) is 4.77. The molecular weight excluding hydrogens is 244 g/mol. The molecule has 98 valence electrons. The van der Waals surface area contributed by atoms with E-state index >= 15 is 0 Å². The molecule has 2 aromatic rings. The molecule has 1 amide bonds. The second kappa shape index (κ2) is 4.51. The molecule has 2 N–H and O–H groups in total. The van der Waals surface area contributed by atoms with E-state index in [4.69, 9.17) is 0 Å². The van der Waals surface area contributed by atoms with Gasteiger partial charge in [-0.1, -0.05) is 12.1 Å². The number of para-hydroxylation sites is 1. The van der Waals surface area contributed by atoms with Crippen molar-refractivity contribution < 1.29 is 9.90 Å². The van der Waals surface area contributed by atoms with E-state index in [1.165, 1.54) is 11.1 Å². The Balaban J connectivity index is 2.04. The Morgan fingerprint density at radius 1 is 1.37 bits per heavy atom. The highest BCUT2D eigenvalue weighted by Gasteiger charge is 2.27. The number of nitrogens with zero attached hydrogens (tertiary/aromatic N) is 1. The summed E-state index contributed by atoms with van der Waals surface area (Å²) in [5, 5.41) is 9.96. The van der Waals surface area contributed by atoms with E-state index < -0.39 is 6.10 Å². The van der Waals surface area contributed by atoms with Gasteiger partial charge in [-0.3, -0.25) is 9.59 Å². The van der Waals surface area contributed by atoms with Crippen LogP contribution in [0.1, 0.15) is 16.8 Å². The summed E-state index contributed by atoms with van der Waals surface area (Å²) in [5.74, 6) is -0.316. The van der Waals surface area contributed by atoms with Gasteiger partial charge < -0.3 is 15.0 Å². The number of aromatic nitrogens is 1. The summed E-state index contributed by atoms with van der Waals surface area (Å²) in [6.07, 6.45) is 1.54. The summed E-state index contributed by atoms with van der Waals surface area (Å²) < 4.78 is 0. The summed E-state index contributed by atoms with van der Waals surface area (Å²) in [4.78, 5) is 29.0. The molecule has 1 aliphatic rings. The first kappa shape index (κ1) is 11.9. The topological polar surface area (TPSA) is 73.4 Å². The van der Waals surface area contributed by atoms with E-state index in [1.807, 2.05) is 6.07 Å². The van der Waals surface area contributed by atoms with Gasteiger partial charge in [-0.25, -0.2) is 0 Å². The van der Waals surface area contributed by atoms with Gasteiger partial charge in [0.25, 0.3) is 5.91 Å². The monoisotopic (exact) mass is 258 g/mol. The number of hydrogen-bond donors (Lipinski definition) is 2. The molecule has 1 fully saturated rings. The maximum Gasteiger partial charge on any atom is 0.259 e. The number of aliphatic hydroxyl groups excluding tert-OH is 1. The Hall–Kier alpha value is -2.14. The van der Waals surface area contributed by atoms with Crippen molar-refractivity contribution >= 4 is 16.8 Å². The van der Waals surface area contributed by atoms with Crippen LogP contribution >= 0.6 is 0 Å². The van der Waals surface area contributed by atoms with Crippen LogP contribution in [0.4, 0.5) is 0 Å². The van der Waals surface area contributed by atoms with Crippen LogP contribution in [-0.2, 0) is 0 Å². The lowest BCUT2D eigenvalue weighted by molar-refractivity contribution is 0.0763. The Morgan fingerprint density at radius 2 is 2.16 bits per heavy atom. The Kier molecular flexibility index (Phi) is 2.83. The summed E-state index contributed by atoms with van der Waals surface area (Å²) in [5.41, 5.74) is 0.582. The molecule has 0 aliphatic carbocycles. The zero-order valence-corrected chi connectivity index (χ0v) is 10.3. The lowest BCUT2D eigenvalue weighted by Crippen LogP contribution is -2.33.